The number of sulfone groups is 2. The van der Waals surface area contributed by atoms with Crippen molar-refractivity contribution in [3.63, 3.8) is 0 Å². The third kappa shape index (κ3) is 11.5. The van der Waals surface area contributed by atoms with Crippen LogP contribution in [-0.2, 0) is 32.5 Å². The van der Waals surface area contributed by atoms with Crippen LogP contribution in [0.3, 0.4) is 0 Å². The van der Waals surface area contributed by atoms with Gasteiger partial charge < -0.3 is 20.8 Å². The zero-order chi connectivity index (χ0) is 46.3. The molecule has 4 aromatic heterocycles. The average Bonchev–Trinajstić information content (AvgIpc) is 3.86. The molecule has 2 amide bonds. The van der Waals surface area contributed by atoms with Crippen molar-refractivity contribution in [3.8, 4) is 17.4 Å². The molecule has 0 saturated heterocycles. The molecule has 6 aromatic rings. The van der Waals surface area contributed by atoms with Gasteiger partial charge in [-0.3, -0.25) is 0 Å². The van der Waals surface area contributed by atoms with Crippen molar-refractivity contribution in [2.24, 2.45) is 10.8 Å². The molecule has 0 aliphatic rings. The van der Waals surface area contributed by atoms with E-state index >= 15 is 0 Å². The number of carbonyl (C=O) groups is 2. The Morgan fingerprint density at radius 1 is 0.667 bits per heavy atom. The summed E-state index contributed by atoms with van der Waals surface area (Å²) in [5, 5.41) is 41.7. The number of hydrogen-bond acceptors (Lipinski definition) is 11. The maximum atomic E-state index is 13.4. The summed E-state index contributed by atoms with van der Waals surface area (Å²) >= 11 is 6.23. The smallest absolute Gasteiger partial charge is 0.404 e. The van der Waals surface area contributed by atoms with E-state index in [-0.39, 0.29) is 49.2 Å². The topological polar surface area (TPSA) is 252 Å². The van der Waals surface area contributed by atoms with Gasteiger partial charge >= 0.3 is 12.2 Å². The zero-order valence-electron chi connectivity index (χ0n) is 35.1. The molecule has 330 valence electrons. The second kappa shape index (κ2) is 19.2. The molecule has 0 radical (unpaired) electrons. The summed E-state index contributed by atoms with van der Waals surface area (Å²) in [5.41, 5.74) is 0.434. The fourth-order valence-electron chi connectivity index (χ4n) is 6.24. The molecule has 0 spiro atoms. The van der Waals surface area contributed by atoms with Crippen molar-refractivity contribution >= 4 is 43.5 Å². The molecule has 0 saturated carbocycles. The molecule has 0 bridgehead atoms. The Kier molecular flexibility index (Phi) is 14.4. The minimum Gasteiger partial charge on any atom is -0.465 e. The van der Waals surface area contributed by atoms with Crippen LogP contribution in [0.4, 0.5) is 9.59 Å². The fraction of sp³-hybridized carbons (Fsp3) is 0.279. The number of nitriles is 1. The molecule has 0 aliphatic heterocycles. The predicted octanol–water partition coefficient (Wildman–Crippen LogP) is 7.17. The Hall–Kier alpha value is -6.62. The number of hydrogen-bond donors (Lipinski definition) is 4. The Morgan fingerprint density at radius 2 is 1.06 bits per heavy atom. The largest absolute Gasteiger partial charge is 0.465 e. The molecule has 0 fully saturated rings. The van der Waals surface area contributed by atoms with E-state index in [1.807, 2.05) is 47.6 Å². The molecule has 20 heteroatoms. The van der Waals surface area contributed by atoms with E-state index in [0.29, 0.717) is 17.1 Å². The van der Waals surface area contributed by atoms with Crippen LogP contribution in [0.25, 0.3) is 11.4 Å². The number of pyridine rings is 2. The Labute approximate surface area is 370 Å². The quantitative estimate of drug-likeness (QED) is 0.0890. The third-order valence-corrected chi connectivity index (χ3v) is 13.5. The normalized spacial score (nSPS) is 12.9. The lowest BCUT2D eigenvalue weighted by Crippen LogP contribution is -2.44. The van der Waals surface area contributed by atoms with Gasteiger partial charge in [0.25, 0.3) is 0 Å². The van der Waals surface area contributed by atoms with Gasteiger partial charge in [0.15, 0.2) is 20.9 Å². The van der Waals surface area contributed by atoms with E-state index in [9.17, 15) is 41.9 Å². The Bertz CT molecular complexity index is 2850. The van der Waals surface area contributed by atoms with Gasteiger partial charge in [0.2, 0.25) is 19.7 Å². The predicted molar refractivity (Wildman–Crippen MR) is 232 cm³/mol. The maximum absolute atomic E-state index is 13.4. The number of halogens is 1. The number of nitrogens with zero attached hydrogens (tertiary/aromatic N) is 7. The first-order valence-corrected chi connectivity index (χ1v) is 22.6. The van der Waals surface area contributed by atoms with E-state index in [1.54, 1.807) is 60.7 Å². The maximum Gasteiger partial charge on any atom is 0.404 e. The van der Waals surface area contributed by atoms with Gasteiger partial charge in [-0.15, -0.1) is 0 Å². The molecule has 2 atom stereocenters. The summed E-state index contributed by atoms with van der Waals surface area (Å²) in [7, 11) is -7.92. The molecule has 4 heterocycles. The average molecular weight is 916 g/mol. The van der Waals surface area contributed by atoms with Crippen molar-refractivity contribution in [2.75, 3.05) is 0 Å². The Balaban J connectivity index is 0.000000238. The van der Waals surface area contributed by atoms with Crippen molar-refractivity contribution in [1.29, 1.82) is 5.26 Å². The van der Waals surface area contributed by atoms with E-state index in [2.05, 4.69) is 30.8 Å². The molecule has 0 aliphatic carbocycles. The van der Waals surface area contributed by atoms with Gasteiger partial charge in [0.05, 0.1) is 21.2 Å². The lowest BCUT2D eigenvalue weighted by atomic mass is 9.84. The van der Waals surface area contributed by atoms with Crippen LogP contribution >= 0.6 is 11.6 Å². The third-order valence-electron chi connectivity index (χ3n) is 9.71. The van der Waals surface area contributed by atoms with Gasteiger partial charge in [-0.2, -0.15) is 15.5 Å². The van der Waals surface area contributed by atoms with Crippen molar-refractivity contribution in [1.82, 2.24) is 40.2 Å². The first kappa shape index (κ1) is 47.4. The summed E-state index contributed by atoms with van der Waals surface area (Å²) in [6.07, 6.45) is 0.936. The first-order chi connectivity index (χ1) is 29.5. The van der Waals surface area contributed by atoms with Crippen molar-refractivity contribution in [3.05, 3.63) is 132 Å². The fourth-order valence-corrected chi connectivity index (χ4v) is 9.27. The highest BCUT2D eigenvalue weighted by molar-refractivity contribution is 7.91. The Morgan fingerprint density at radius 3 is 1.44 bits per heavy atom. The number of amides is 2. The minimum absolute atomic E-state index is 0.0164. The number of nitrogens with one attached hydrogen (secondary N) is 2. The molecular formula is C43H46ClN9O8S2. The van der Waals surface area contributed by atoms with E-state index < -0.39 is 54.8 Å². The summed E-state index contributed by atoms with van der Waals surface area (Å²) in [4.78, 5) is 30.8. The van der Waals surface area contributed by atoms with Crippen LogP contribution in [0, 0.1) is 22.2 Å². The molecule has 17 nitrogen and oxygen atoms in total. The molecule has 4 N–H and O–H groups in total. The van der Waals surface area contributed by atoms with Crippen molar-refractivity contribution < 1.29 is 36.6 Å². The van der Waals surface area contributed by atoms with Gasteiger partial charge in [0.1, 0.15) is 17.4 Å². The minimum atomic E-state index is -3.99. The summed E-state index contributed by atoms with van der Waals surface area (Å²) in [6.45, 7) is 11.3. The van der Waals surface area contributed by atoms with Crippen molar-refractivity contribution in [2.45, 2.75) is 86.3 Å². The van der Waals surface area contributed by atoms with Crippen LogP contribution in [0.1, 0.15) is 58.6 Å². The molecule has 2 unspecified atom stereocenters. The van der Waals surface area contributed by atoms with E-state index in [4.69, 9.17) is 11.6 Å². The monoisotopic (exact) mass is 915 g/mol. The van der Waals surface area contributed by atoms with E-state index in [0.717, 1.165) is 0 Å². The SMILES string of the molecule is CC(C)(C)C(Cc1cc(S(=O)(=O)c2ccccc2)n(-c2cccnc2C#N)n1)NC(=O)O.CC(C)(C)C(Cc1cc(S(=O)(=O)c2ccccc2)n(-c2cccnc2Cl)n1)NC(=O)O. The standard InChI is InChI=1S/C22H23N5O4S.C21H23ClN4O4S/c1-22(2,3)19(25-21(28)29)12-15-13-20(32(30,31)16-8-5-4-6-9-16)27(26-15)18-10-7-11-24-17(18)14-23;1-21(2,3)17(24-20(27)28)12-14-13-18(31(29,30)15-8-5-4-6-9-15)26(25-14)16-10-7-11-23-19(16)22/h4-11,13,19,25H,12H2,1-3H3,(H,28,29);4-11,13,17,24H,12H2,1-3H3,(H,27,28). The van der Waals surface area contributed by atoms with Crippen LogP contribution in [0.5, 0.6) is 0 Å². The molecule has 63 heavy (non-hydrogen) atoms. The number of aromatic nitrogens is 6. The number of rotatable bonds is 12. The highest BCUT2D eigenvalue weighted by Gasteiger charge is 2.33. The summed E-state index contributed by atoms with van der Waals surface area (Å²) in [6, 6.07) is 26.1. The first-order valence-electron chi connectivity index (χ1n) is 19.3. The van der Waals surface area contributed by atoms with Crippen LogP contribution in [0.2, 0.25) is 5.15 Å². The van der Waals surface area contributed by atoms with Gasteiger partial charge in [0, 0.05) is 37.3 Å². The van der Waals surface area contributed by atoms with Crippen LogP contribution < -0.4 is 10.6 Å². The van der Waals surface area contributed by atoms with Gasteiger partial charge in [-0.25, -0.2) is 45.8 Å². The van der Waals surface area contributed by atoms with E-state index in [1.165, 1.54) is 58.2 Å². The second-order valence-corrected chi connectivity index (χ2v) is 20.5. The lowest BCUT2D eigenvalue weighted by molar-refractivity contribution is 0.173. The van der Waals surface area contributed by atoms with Crippen LogP contribution in [-0.4, -0.2) is 80.8 Å². The van der Waals surface area contributed by atoms with Gasteiger partial charge in [-0.1, -0.05) is 89.5 Å². The lowest BCUT2D eigenvalue weighted by Gasteiger charge is -2.29. The number of benzene rings is 2. The highest BCUT2D eigenvalue weighted by Crippen LogP contribution is 2.31. The summed E-state index contributed by atoms with van der Waals surface area (Å²) in [5.74, 6) is 0. The van der Waals surface area contributed by atoms with Crippen LogP contribution in [0.15, 0.2) is 129 Å². The zero-order valence-corrected chi connectivity index (χ0v) is 37.5. The molecular weight excluding hydrogens is 870 g/mol. The number of carboxylic acid groups (broad SMARTS) is 2. The van der Waals surface area contributed by atoms with Gasteiger partial charge in [-0.05, 0) is 71.5 Å². The molecule has 6 rings (SSSR count). The molecule has 2 aromatic carbocycles. The highest BCUT2D eigenvalue weighted by atomic mass is 35.5. The second-order valence-electron chi connectivity index (χ2n) is 16.3. The summed E-state index contributed by atoms with van der Waals surface area (Å²) < 4.78 is 56.0.